The number of carbonyl (C=O) groups excluding carboxylic acids is 1. The van der Waals surface area contributed by atoms with Crippen molar-refractivity contribution in [2.24, 2.45) is 0 Å². The minimum atomic E-state index is -4.42. The van der Waals surface area contributed by atoms with Crippen molar-refractivity contribution in [1.29, 1.82) is 0 Å². The Kier molecular flexibility index (Phi) is 4.36. The molecular weight excluding hydrogens is 239 g/mol. The second-order valence-electron chi connectivity index (χ2n) is 3.23. The SMILES string of the molecule is CCc1cnc(CNC(=O)NCC(F)(F)F)o1. The summed E-state index contributed by atoms with van der Waals surface area (Å²) in [6.07, 6.45) is -2.26. The number of carbonyl (C=O) groups is 1. The van der Waals surface area contributed by atoms with Crippen LogP contribution >= 0.6 is 0 Å². The summed E-state index contributed by atoms with van der Waals surface area (Å²) in [5.74, 6) is 0.904. The lowest BCUT2D eigenvalue weighted by molar-refractivity contribution is -0.122. The van der Waals surface area contributed by atoms with Gasteiger partial charge in [0.25, 0.3) is 0 Å². The first-order chi connectivity index (χ1) is 7.90. The Morgan fingerprint density at radius 2 is 2.18 bits per heavy atom. The van der Waals surface area contributed by atoms with Crippen molar-refractivity contribution in [1.82, 2.24) is 15.6 Å². The van der Waals surface area contributed by atoms with Crippen LogP contribution in [0.5, 0.6) is 0 Å². The number of alkyl halides is 3. The Balaban J connectivity index is 2.28. The Morgan fingerprint density at radius 3 is 2.71 bits per heavy atom. The van der Waals surface area contributed by atoms with E-state index >= 15 is 0 Å². The first kappa shape index (κ1) is 13.3. The summed E-state index contributed by atoms with van der Waals surface area (Å²) in [6, 6.07) is -0.918. The molecule has 2 amide bonds. The van der Waals surface area contributed by atoms with E-state index in [4.69, 9.17) is 4.42 Å². The van der Waals surface area contributed by atoms with Crippen molar-refractivity contribution in [3.63, 3.8) is 0 Å². The molecule has 1 aromatic rings. The van der Waals surface area contributed by atoms with Crippen LogP contribution in [0.25, 0.3) is 0 Å². The van der Waals surface area contributed by atoms with E-state index < -0.39 is 18.8 Å². The van der Waals surface area contributed by atoms with Gasteiger partial charge < -0.3 is 15.1 Å². The Hall–Kier alpha value is -1.73. The van der Waals surface area contributed by atoms with Crippen molar-refractivity contribution < 1.29 is 22.4 Å². The fraction of sp³-hybridized carbons (Fsp3) is 0.556. The molecule has 1 aromatic heterocycles. The lowest BCUT2D eigenvalue weighted by atomic mass is 10.4. The van der Waals surface area contributed by atoms with Crippen LogP contribution in [-0.2, 0) is 13.0 Å². The molecular formula is C9H12F3N3O2. The van der Waals surface area contributed by atoms with Gasteiger partial charge >= 0.3 is 12.2 Å². The van der Waals surface area contributed by atoms with Crippen LogP contribution in [0.4, 0.5) is 18.0 Å². The lowest BCUT2D eigenvalue weighted by Gasteiger charge is -2.08. The second-order valence-corrected chi connectivity index (χ2v) is 3.23. The maximum atomic E-state index is 11.8. The zero-order chi connectivity index (χ0) is 12.9. The zero-order valence-corrected chi connectivity index (χ0v) is 9.10. The molecule has 96 valence electrons. The summed E-state index contributed by atoms with van der Waals surface area (Å²) in [7, 11) is 0. The van der Waals surface area contributed by atoms with Gasteiger partial charge in [-0.3, -0.25) is 0 Å². The fourth-order valence-electron chi connectivity index (χ4n) is 0.992. The molecule has 1 heterocycles. The maximum absolute atomic E-state index is 11.8. The van der Waals surface area contributed by atoms with Gasteiger partial charge in [-0.1, -0.05) is 6.92 Å². The average molecular weight is 251 g/mol. The highest BCUT2D eigenvalue weighted by Gasteiger charge is 2.27. The number of halogens is 3. The van der Waals surface area contributed by atoms with Crippen LogP contribution in [0.15, 0.2) is 10.6 Å². The van der Waals surface area contributed by atoms with Crippen molar-refractivity contribution in [2.45, 2.75) is 26.1 Å². The number of oxazole rings is 1. The molecule has 0 atom stereocenters. The minimum absolute atomic E-state index is 0.0519. The Labute approximate surface area is 95.4 Å². The number of amides is 2. The maximum Gasteiger partial charge on any atom is 0.405 e. The summed E-state index contributed by atoms with van der Waals surface area (Å²) in [5, 5.41) is 3.87. The molecule has 17 heavy (non-hydrogen) atoms. The summed E-state index contributed by atoms with van der Waals surface area (Å²) >= 11 is 0. The average Bonchev–Trinajstić information content (AvgIpc) is 2.70. The van der Waals surface area contributed by atoms with Crippen LogP contribution in [0.1, 0.15) is 18.6 Å². The molecule has 0 aromatic carbocycles. The standard InChI is InChI=1S/C9H12F3N3O2/c1-2-6-3-13-7(17-6)4-14-8(16)15-5-9(10,11)12/h3H,2,4-5H2,1H3,(H2,14,15,16). The van der Waals surface area contributed by atoms with Crippen molar-refractivity contribution in [3.05, 3.63) is 17.8 Å². The van der Waals surface area contributed by atoms with Crippen LogP contribution in [0, 0.1) is 0 Å². The third-order valence-electron chi connectivity index (χ3n) is 1.80. The highest BCUT2D eigenvalue weighted by Crippen LogP contribution is 2.11. The van der Waals surface area contributed by atoms with E-state index in [2.05, 4.69) is 10.3 Å². The van der Waals surface area contributed by atoms with Crippen LogP contribution in [0.3, 0.4) is 0 Å². The van der Waals surface area contributed by atoms with Gasteiger partial charge in [-0.25, -0.2) is 9.78 Å². The van der Waals surface area contributed by atoms with Crippen molar-refractivity contribution >= 4 is 6.03 Å². The van der Waals surface area contributed by atoms with E-state index in [1.54, 1.807) is 5.32 Å². The first-order valence-electron chi connectivity index (χ1n) is 4.92. The van der Waals surface area contributed by atoms with Gasteiger partial charge in [-0.05, 0) is 0 Å². The first-order valence-corrected chi connectivity index (χ1v) is 4.92. The number of urea groups is 1. The fourth-order valence-corrected chi connectivity index (χ4v) is 0.992. The smallest absolute Gasteiger partial charge is 0.405 e. The molecule has 0 aliphatic rings. The summed E-state index contributed by atoms with van der Waals surface area (Å²) in [6.45, 7) is 0.447. The molecule has 0 unspecified atom stereocenters. The Bertz CT molecular complexity index is 376. The predicted molar refractivity (Wildman–Crippen MR) is 52.2 cm³/mol. The number of aromatic nitrogens is 1. The molecule has 0 radical (unpaired) electrons. The van der Waals surface area contributed by atoms with Crippen LogP contribution in [-0.4, -0.2) is 23.7 Å². The van der Waals surface area contributed by atoms with E-state index in [9.17, 15) is 18.0 Å². The van der Waals surface area contributed by atoms with Gasteiger partial charge in [0, 0.05) is 6.42 Å². The molecule has 0 aliphatic carbocycles. The Morgan fingerprint density at radius 1 is 1.47 bits per heavy atom. The third kappa shape index (κ3) is 5.23. The molecule has 0 spiro atoms. The largest absolute Gasteiger partial charge is 0.444 e. The molecule has 0 aliphatic heterocycles. The van der Waals surface area contributed by atoms with Gasteiger partial charge in [0.05, 0.1) is 12.7 Å². The molecule has 1 rings (SSSR count). The number of hydrogen-bond acceptors (Lipinski definition) is 3. The van der Waals surface area contributed by atoms with Crippen molar-refractivity contribution in [2.75, 3.05) is 6.54 Å². The number of aryl methyl sites for hydroxylation is 1. The van der Waals surface area contributed by atoms with Crippen LogP contribution in [0.2, 0.25) is 0 Å². The monoisotopic (exact) mass is 251 g/mol. The van der Waals surface area contributed by atoms with E-state index in [0.717, 1.165) is 0 Å². The number of nitrogens with zero attached hydrogens (tertiary/aromatic N) is 1. The molecule has 0 fully saturated rings. The minimum Gasteiger partial charge on any atom is -0.444 e. The number of rotatable bonds is 4. The van der Waals surface area contributed by atoms with E-state index in [1.165, 1.54) is 6.20 Å². The lowest BCUT2D eigenvalue weighted by Crippen LogP contribution is -2.40. The van der Waals surface area contributed by atoms with Crippen LogP contribution < -0.4 is 10.6 Å². The van der Waals surface area contributed by atoms with Gasteiger partial charge in [0.2, 0.25) is 5.89 Å². The molecule has 0 saturated heterocycles. The molecule has 5 nitrogen and oxygen atoms in total. The van der Waals surface area contributed by atoms with E-state index in [-0.39, 0.29) is 12.4 Å². The summed E-state index contributed by atoms with van der Waals surface area (Å²) < 4.78 is 40.4. The normalized spacial score (nSPS) is 11.3. The summed E-state index contributed by atoms with van der Waals surface area (Å²) in [4.78, 5) is 14.8. The zero-order valence-electron chi connectivity index (χ0n) is 9.10. The van der Waals surface area contributed by atoms with Gasteiger partial charge in [0.15, 0.2) is 0 Å². The van der Waals surface area contributed by atoms with Gasteiger partial charge in [-0.2, -0.15) is 13.2 Å². The molecule has 8 heteroatoms. The molecule has 0 bridgehead atoms. The van der Waals surface area contributed by atoms with Gasteiger partial charge in [-0.15, -0.1) is 0 Å². The third-order valence-corrected chi connectivity index (χ3v) is 1.80. The highest BCUT2D eigenvalue weighted by atomic mass is 19.4. The second kappa shape index (κ2) is 5.55. The quantitative estimate of drug-likeness (QED) is 0.854. The predicted octanol–water partition coefficient (Wildman–Crippen LogP) is 1.60. The van der Waals surface area contributed by atoms with E-state index in [0.29, 0.717) is 12.2 Å². The van der Waals surface area contributed by atoms with E-state index in [1.807, 2.05) is 6.92 Å². The molecule has 0 saturated carbocycles. The van der Waals surface area contributed by atoms with Crippen molar-refractivity contribution in [3.8, 4) is 0 Å². The highest BCUT2D eigenvalue weighted by molar-refractivity contribution is 5.73. The topological polar surface area (TPSA) is 67.2 Å². The molecule has 2 N–H and O–H groups in total. The summed E-state index contributed by atoms with van der Waals surface area (Å²) in [5.41, 5.74) is 0. The number of hydrogen-bond donors (Lipinski definition) is 2. The number of nitrogens with one attached hydrogen (secondary N) is 2. The van der Waals surface area contributed by atoms with Gasteiger partial charge in [0.1, 0.15) is 12.3 Å².